The molecule has 34 heavy (non-hydrogen) atoms. The normalized spacial score (nSPS) is 10.7. The Morgan fingerprint density at radius 3 is 2.68 bits per heavy atom. The molecule has 1 heterocycles. The molecule has 0 aliphatic carbocycles. The van der Waals surface area contributed by atoms with Crippen LogP contribution in [0.2, 0.25) is 5.02 Å². The zero-order valence-corrected chi connectivity index (χ0v) is 19.6. The summed E-state index contributed by atoms with van der Waals surface area (Å²) in [5, 5.41) is 10.6. The van der Waals surface area contributed by atoms with Crippen molar-refractivity contribution in [2.75, 3.05) is 11.9 Å². The summed E-state index contributed by atoms with van der Waals surface area (Å²) < 4.78 is 5.58. The fraction of sp³-hybridized carbons (Fsp3) is 0.0385. The zero-order valence-electron chi connectivity index (χ0n) is 18.1. The van der Waals surface area contributed by atoms with Gasteiger partial charge in [0.15, 0.2) is 5.13 Å². The number of thiazole rings is 1. The molecule has 2 N–H and O–H groups in total. The minimum Gasteiger partial charge on any atom is -0.489 e. The molecule has 1 aromatic heterocycles. The van der Waals surface area contributed by atoms with E-state index in [0.717, 1.165) is 22.1 Å². The molecular formula is C26H21ClN4O2S. The predicted octanol–water partition coefficient (Wildman–Crippen LogP) is 6.54. The van der Waals surface area contributed by atoms with Gasteiger partial charge in [0.2, 0.25) is 0 Å². The van der Waals surface area contributed by atoms with Gasteiger partial charge in [-0.1, -0.05) is 54.6 Å². The van der Waals surface area contributed by atoms with E-state index in [1.54, 1.807) is 36.4 Å². The Kier molecular flexibility index (Phi) is 7.70. The molecule has 0 fully saturated rings. The minimum atomic E-state index is -0.330. The van der Waals surface area contributed by atoms with Gasteiger partial charge in [-0.15, -0.1) is 11.3 Å². The Balaban J connectivity index is 1.38. The van der Waals surface area contributed by atoms with Gasteiger partial charge in [0, 0.05) is 32.8 Å². The van der Waals surface area contributed by atoms with Crippen LogP contribution in [0.5, 0.6) is 5.75 Å². The van der Waals surface area contributed by atoms with Gasteiger partial charge in [-0.05, 0) is 42.5 Å². The molecule has 0 aliphatic heterocycles. The average Bonchev–Trinajstić information content (AvgIpc) is 3.32. The smallest absolute Gasteiger partial charge is 0.271 e. The number of amides is 1. The van der Waals surface area contributed by atoms with Crippen LogP contribution in [0.25, 0.3) is 11.3 Å². The van der Waals surface area contributed by atoms with E-state index in [0.29, 0.717) is 28.5 Å². The largest absolute Gasteiger partial charge is 0.489 e. The number of carbonyl (C=O) groups is 1. The first kappa shape index (κ1) is 23.2. The number of hydrazone groups is 1. The van der Waals surface area contributed by atoms with Crippen LogP contribution in [0.4, 0.5) is 10.8 Å². The number of para-hydroxylation sites is 1. The quantitative estimate of drug-likeness (QED) is 0.159. The molecule has 4 rings (SSSR count). The molecule has 0 spiro atoms. The molecule has 0 unspecified atom stereocenters. The number of nitrogens with zero attached hydrogens (tertiary/aromatic N) is 2. The zero-order chi connectivity index (χ0) is 23.8. The summed E-state index contributed by atoms with van der Waals surface area (Å²) in [6, 6.07) is 22.2. The summed E-state index contributed by atoms with van der Waals surface area (Å²) in [6.07, 6.45) is 3.14. The second kappa shape index (κ2) is 11.3. The third-order valence-electron chi connectivity index (χ3n) is 4.67. The highest BCUT2D eigenvalue weighted by Crippen LogP contribution is 2.27. The van der Waals surface area contributed by atoms with E-state index < -0.39 is 0 Å². The molecule has 0 radical (unpaired) electrons. The first-order chi connectivity index (χ1) is 16.6. The highest BCUT2D eigenvalue weighted by molar-refractivity contribution is 7.14. The fourth-order valence-corrected chi connectivity index (χ4v) is 3.95. The lowest BCUT2D eigenvalue weighted by molar-refractivity contribution is 0.0955. The van der Waals surface area contributed by atoms with Crippen molar-refractivity contribution in [1.82, 2.24) is 10.4 Å². The van der Waals surface area contributed by atoms with Crippen molar-refractivity contribution in [3.8, 4) is 17.0 Å². The van der Waals surface area contributed by atoms with Crippen molar-refractivity contribution in [3.63, 3.8) is 0 Å². The highest BCUT2D eigenvalue weighted by Gasteiger charge is 2.09. The topological polar surface area (TPSA) is 75.6 Å². The van der Waals surface area contributed by atoms with Gasteiger partial charge in [-0.25, -0.2) is 10.4 Å². The summed E-state index contributed by atoms with van der Waals surface area (Å²) in [4.78, 5) is 17.1. The molecule has 8 heteroatoms. The summed E-state index contributed by atoms with van der Waals surface area (Å²) in [6.45, 7) is 3.99. The number of hydrogen-bond donors (Lipinski definition) is 2. The maximum atomic E-state index is 12.5. The maximum Gasteiger partial charge on any atom is 0.271 e. The molecule has 170 valence electrons. The number of benzene rings is 3. The Morgan fingerprint density at radius 1 is 1.12 bits per heavy atom. The van der Waals surface area contributed by atoms with E-state index in [9.17, 15) is 4.79 Å². The molecule has 0 aliphatic rings. The average molecular weight is 489 g/mol. The standard InChI is InChI=1S/C26H21ClN4O2S/c1-2-14-33-24-13-12-21(27)15-20(24)16-28-31-25(32)19-10-8-18(9-11-19)23-17-34-26(30-23)29-22-6-4-3-5-7-22/h2-13,15-17H,1,14H2,(H,29,30)(H,31,32)/b28-16-. The van der Waals surface area contributed by atoms with E-state index in [1.165, 1.54) is 17.6 Å². The van der Waals surface area contributed by atoms with E-state index in [1.807, 2.05) is 47.8 Å². The van der Waals surface area contributed by atoms with Crippen LogP contribution in [-0.2, 0) is 0 Å². The van der Waals surface area contributed by atoms with Crippen LogP contribution in [0.3, 0.4) is 0 Å². The van der Waals surface area contributed by atoms with Crippen molar-refractivity contribution in [3.05, 3.63) is 107 Å². The Bertz CT molecular complexity index is 1300. The van der Waals surface area contributed by atoms with Crippen molar-refractivity contribution in [2.45, 2.75) is 0 Å². The van der Waals surface area contributed by atoms with Crippen LogP contribution < -0.4 is 15.5 Å². The number of nitrogens with one attached hydrogen (secondary N) is 2. The molecular weight excluding hydrogens is 468 g/mol. The van der Waals surface area contributed by atoms with Gasteiger partial charge in [-0.3, -0.25) is 4.79 Å². The molecule has 3 aromatic carbocycles. The summed E-state index contributed by atoms with van der Waals surface area (Å²) >= 11 is 7.58. The minimum absolute atomic E-state index is 0.330. The number of hydrogen-bond acceptors (Lipinski definition) is 6. The molecule has 0 saturated carbocycles. The van der Waals surface area contributed by atoms with Crippen molar-refractivity contribution in [2.24, 2.45) is 5.10 Å². The van der Waals surface area contributed by atoms with Gasteiger partial charge in [0.05, 0.1) is 11.9 Å². The van der Waals surface area contributed by atoms with Crippen LogP contribution in [-0.4, -0.2) is 23.7 Å². The molecule has 4 aromatic rings. The Hall–Kier alpha value is -3.94. The predicted molar refractivity (Wildman–Crippen MR) is 139 cm³/mol. The van der Waals surface area contributed by atoms with Crippen LogP contribution in [0.1, 0.15) is 15.9 Å². The summed E-state index contributed by atoms with van der Waals surface area (Å²) in [5.41, 5.74) is 6.39. The van der Waals surface area contributed by atoms with Gasteiger partial charge >= 0.3 is 0 Å². The lowest BCUT2D eigenvalue weighted by Gasteiger charge is -2.07. The number of halogens is 1. The SMILES string of the molecule is C=CCOc1ccc(Cl)cc1/C=N\NC(=O)c1ccc(-c2csc(Nc3ccccc3)n2)cc1. The summed E-state index contributed by atoms with van der Waals surface area (Å²) in [7, 11) is 0. The van der Waals surface area contributed by atoms with Gasteiger partial charge in [0.1, 0.15) is 12.4 Å². The van der Waals surface area contributed by atoms with E-state index >= 15 is 0 Å². The second-order valence-electron chi connectivity index (χ2n) is 7.09. The van der Waals surface area contributed by atoms with Crippen LogP contribution >= 0.6 is 22.9 Å². The third kappa shape index (κ3) is 6.10. The second-order valence-corrected chi connectivity index (χ2v) is 8.38. The van der Waals surface area contributed by atoms with Gasteiger partial charge in [0.25, 0.3) is 5.91 Å². The first-order valence-electron chi connectivity index (χ1n) is 10.4. The molecule has 0 bridgehead atoms. The number of aromatic nitrogens is 1. The molecule has 6 nitrogen and oxygen atoms in total. The Morgan fingerprint density at radius 2 is 1.91 bits per heavy atom. The number of carbonyl (C=O) groups excluding carboxylic acids is 1. The third-order valence-corrected chi connectivity index (χ3v) is 5.66. The lowest BCUT2D eigenvalue weighted by atomic mass is 10.1. The maximum absolute atomic E-state index is 12.5. The number of rotatable bonds is 9. The highest BCUT2D eigenvalue weighted by atomic mass is 35.5. The van der Waals surface area contributed by atoms with E-state index in [-0.39, 0.29) is 5.91 Å². The van der Waals surface area contributed by atoms with Gasteiger partial charge < -0.3 is 10.1 Å². The monoisotopic (exact) mass is 488 g/mol. The van der Waals surface area contributed by atoms with Gasteiger partial charge in [-0.2, -0.15) is 5.10 Å². The number of ether oxygens (including phenoxy) is 1. The summed E-state index contributed by atoms with van der Waals surface area (Å²) in [5.74, 6) is 0.263. The molecule has 0 saturated heterocycles. The van der Waals surface area contributed by atoms with E-state index in [2.05, 4.69) is 27.4 Å². The van der Waals surface area contributed by atoms with Crippen molar-refractivity contribution >= 4 is 45.9 Å². The van der Waals surface area contributed by atoms with Crippen LogP contribution in [0, 0.1) is 0 Å². The van der Waals surface area contributed by atoms with Crippen LogP contribution in [0.15, 0.2) is 95.9 Å². The van der Waals surface area contributed by atoms with E-state index in [4.69, 9.17) is 16.3 Å². The first-order valence-corrected chi connectivity index (χ1v) is 11.6. The number of anilines is 2. The van der Waals surface area contributed by atoms with Crippen molar-refractivity contribution in [1.29, 1.82) is 0 Å². The lowest BCUT2D eigenvalue weighted by Crippen LogP contribution is -2.17. The fourth-order valence-electron chi connectivity index (χ4n) is 3.03. The van der Waals surface area contributed by atoms with Crippen molar-refractivity contribution < 1.29 is 9.53 Å². The Labute approximate surface area is 206 Å². The molecule has 1 amide bonds. The molecule has 0 atom stereocenters.